The first-order chi connectivity index (χ1) is 14.6. The third kappa shape index (κ3) is 4.77. The zero-order chi connectivity index (χ0) is 20.9. The van der Waals surface area contributed by atoms with Crippen molar-refractivity contribution in [2.75, 3.05) is 57.3 Å². The lowest BCUT2D eigenvalue weighted by Crippen LogP contribution is -2.53. The maximum atomic E-state index is 12.8. The number of hydrogen-bond acceptors (Lipinski definition) is 6. The highest BCUT2D eigenvalue weighted by Crippen LogP contribution is 2.18. The van der Waals surface area contributed by atoms with Crippen LogP contribution in [0.25, 0.3) is 0 Å². The number of carbonyl (C=O) groups is 1. The van der Waals surface area contributed by atoms with Gasteiger partial charge in [0.25, 0.3) is 11.6 Å². The Hall–Kier alpha value is -2.97. The molecule has 2 fully saturated rings. The minimum atomic E-state index is -0.462. The lowest BCUT2D eigenvalue weighted by atomic mass is 10.1. The number of amides is 1. The Bertz CT molecular complexity index is 866. The Kier molecular flexibility index (Phi) is 6.25. The van der Waals surface area contributed by atoms with Crippen LogP contribution in [-0.4, -0.2) is 79.2 Å². The summed E-state index contributed by atoms with van der Waals surface area (Å²) in [6.45, 7) is 6.25. The van der Waals surface area contributed by atoms with Gasteiger partial charge in [0.2, 0.25) is 0 Å². The van der Waals surface area contributed by atoms with Crippen LogP contribution in [0.3, 0.4) is 0 Å². The number of morpholine rings is 1. The second kappa shape index (κ2) is 9.23. The highest BCUT2D eigenvalue weighted by atomic mass is 16.6. The predicted molar refractivity (Wildman–Crippen MR) is 114 cm³/mol. The summed E-state index contributed by atoms with van der Waals surface area (Å²) in [6.07, 6.45) is -0.0241. The van der Waals surface area contributed by atoms with E-state index in [4.69, 9.17) is 4.74 Å². The lowest BCUT2D eigenvalue weighted by Gasteiger charge is -2.40. The molecule has 30 heavy (non-hydrogen) atoms. The summed E-state index contributed by atoms with van der Waals surface area (Å²) in [5, 5.41) is 10.8. The Morgan fingerprint density at radius 1 is 1.00 bits per heavy atom. The number of anilines is 1. The van der Waals surface area contributed by atoms with Crippen LogP contribution in [0.1, 0.15) is 10.4 Å². The maximum Gasteiger partial charge on any atom is 0.269 e. The van der Waals surface area contributed by atoms with E-state index < -0.39 is 4.92 Å². The third-order valence-electron chi connectivity index (χ3n) is 5.71. The van der Waals surface area contributed by atoms with Crippen LogP contribution in [0.5, 0.6) is 0 Å². The fourth-order valence-electron chi connectivity index (χ4n) is 4.04. The van der Waals surface area contributed by atoms with E-state index in [-0.39, 0.29) is 17.7 Å². The van der Waals surface area contributed by atoms with Crippen molar-refractivity contribution in [1.29, 1.82) is 0 Å². The Balaban J connectivity index is 1.29. The normalized spacial score (nSPS) is 20.2. The number of nitrogens with zero attached hydrogens (tertiary/aromatic N) is 4. The van der Waals surface area contributed by atoms with E-state index in [0.29, 0.717) is 25.3 Å². The number of nitro groups is 1. The first-order valence-electron chi connectivity index (χ1n) is 10.3. The van der Waals surface area contributed by atoms with Gasteiger partial charge in [-0.15, -0.1) is 0 Å². The molecule has 2 aromatic carbocycles. The molecule has 0 spiro atoms. The first kappa shape index (κ1) is 20.3. The van der Waals surface area contributed by atoms with Gasteiger partial charge in [-0.05, 0) is 24.3 Å². The molecule has 2 aromatic rings. The molecule has 1 unspecified atom stereocenters. The van der Waals surface area contributed by atoms with Gasteiger partial charge >= 0.3 is 0 Å². The topological polar surface area (TPSA) is 79.2 Å². The zero-order valence-electron chi connectivity index (χ0n) is 16.9. The lowest BCUT2D eigenvalue weighted by molar-refractivity contribution is -0.384. The summed E-state index contributed by atoms with van der Waals surface area (Å²) in [5.41, 5.74) is 1.71. The van der Waals surface area contributed by atoms with Crippen molar-refractivity contribution in [2.24, 2.45) is 0 Å². The number of carbonyl (C=O) groups excluding carboxylic acids is 1. The fraction of sp³-hybridized carbons (Fsp3) is 0.409. The molecule has 0 saturated carbocycles. The van der Waals surface area contributed by atoms with Gasteiger partial charge in [-0.1, -0.05) is 18.2 Å². The molecule has 1 amide bonds. The number of rotatable bonds is 5. The molecule has 0 aliphatic carbocycles. The number of ether oxygens (including phenoxy) is 1. The monoisotopic (exact) mass is 410 g/mol. The molecule has 2 saturated heterocycles. The van der Waals surface area contributed by atoms with Gasteiger partial charge in [-0.25, -0.2) is 0 Å². The molecule has 1 atom stereocenters. The number of piperazine rings is 1. The molecular weight excluding hydrogens is 384 g/mol. The average Bonchev–Trinajstić information content (AvgIpc) is 2.80. The van der Waals surface area contributed by atoms with Crippen LogP contribution in [0.2, 0.25) is 0 Å². The highest BCUT2D eigenvalue weighted by Gasteiger charge is 2.28. The molecule has 8 heteroatoms. The van der Waals surface area contributed by atoms with Gasteiger partial charge in [-0.2, -0.15) is 0 Å². The quantitative estimate of drug-likeness (QED) is 0.556. The summed E-state index contributed by atoms with van der Waals surface area (Å²) < 4.78 is 5.92. The van der Waals surface area contributed by atoms with E-state index >= 15 is 0 Å². The molecule has 2 aliphatic rings. The van der Waals surface area contributed by atoms with Gasteiger partial charge in [0, 0.05) is 69.2 Å². The van der Waals surface area contributed by atoms with E-state index in [2.05, 4.69) is 34.1 Å². The first-order valence-corrected chi connectivity index (χ1v) is 10.3. The van der Waals surface area contributed by atoms with E-state index in [1.807, 2.05) is 6.07 Å². The van der Waals surface area contributed by atoms with Gasteiger partial charge in [-0.3, -0.25) is 19.8 Å². The van der Waals surface area contributed by atoms with E-state index in [1.54, 1.807) is 4.90 Å². The van der Waals surface area contributed by atoms with Crippen molar-refractivity contribution in [3.63, 3.8) is 0 Å². The summed E-state index contributed by atoms with van der Waals surface area (Å²) in [6, 6.07) is 16.2. The number of non-ortho nitro benzene ring substituents is 1. The average molecular weight is 410 g/mol. The fourth-order valence-corrected chi connectivity index (χ4v) is 4.04. The van der Waals surface area contributed by atoms with E-state index in [9.17, 15) is 14.9 Å². The molecule has 0 N–H and O–H groups in total. The Morgan fingerprint density at radius 2 is 1.70 bits per heavy atom. The summed E-state index contributed by atoms with van der Waals surface area (Å²) >= 11 is 0. The third-order valence-corrected chi connectivity index (χ3v) is 5.71. The maximum absolute atomic E-state index is 12.8. The number of para-hydroxylation sites is 1. The Morgan fingerprint density at radius 3 is 2.37 bits per heavy atom. The van der Waals surface area contributed by atoms with Crippen molar-refractivity contribution in [3.05, 3.63) is 70.3 Å². The largest absolute Gasteiger partial charge is 0.373 e. The second-order valence-corrected chi connectivity index (χ2v) is 7.67. The summed E-state index contributed by atoms with van der Waals surface area (Å²) in [5.74, 6) is -0.105. The van der Waals surface area contributed by atoms with Crippen molar-refractivity contribution in [1.82, 2.24) is 9.80 Å². The number of nitro benzene ring substituents is 1. The van der Waals surface area contributed by atoms with Crippen LogP contribution in [0, 0.1) is 10.1 Å². The molecule has 0 aromatic heterocycles. The van der Waals surface area contributed by atoms with E-state index in [1.165, 1.54) is 30.0 Å². The molecule has 158 valence electrons. The van der Waals surface area contributed by atoms with Crippen molar-refractivity contribution >= 4 is 17.3 Å². The van der Waals surface area contributed by atoms with Gasteiger partial charge in [0.15, 0.2) is 0 Å². The SMILES string of the molecule is O=C(c1ccc([N+](=O)[O-])cc1)N1CCOC(CN2CCN(c3ccccc3)CC2)C1. The van der Waals surface area contributed by atoms with Gasteiger partial charge < -0.3 is 14.5 Å². The van der Waals surface area contributed by atoms with Crippen LogP contribution in [-0.2, 0) is 4.74 Å². The van der Waals surface area contributed by atoms with E-state index in [0.717, 1.165) is 32.7 Å². The molecule has 2 heterocycles. The molecule has 0 radical (unpaired) electrons. The molecule has 8 nitrogen and oxygen atoms in total. The number of hydrogen-bond donors (Lipinski definition) is 0. The van der Waals surface area contributed by atoms with Crippen molar-refractivity contribution in [2.45, 2.75) is 6.10 Å². The molecule has 2 aliphatic heterocycles. The second-order valence-electron chi connectivity index (χ2n) is 7.67. The minimum Gasteiger partial charge on any atom is -0.373 e. The van der Waals surface area contributed by atoms with Gasteiger partial charge in [0.05, 0.1) is 17.6 Å². The van der Waals surface area contributed by atoms with Crippen LogP contribution in [0.4, 0.5) is 11.4 Å². The smallest absolute Gasteiger partial charge is 0.269 e. The zero-order valence-corrected chi connectivity index (χ0v) is 16.9. The van der Waals surface area contributed by atoms with Crippen LogP contribution < -0.4 is 4.90 Å². The van der Waals surface area contributed by atoms with Crippen molar-refractivity contribution < 1.29 is 14.5 Å². The minimum absolute atomic E-state index is 0.0129. The molecule has 4 rings (SSSR count). The predicted octanol–water partition coefficient (Wildman–Crippen LogP) is 2.26. The highest BCUT2D eigenvalue weighted by molar-refractivity contribution is 5.94. The summed E-state index contributed by atoms with van der Waals surface area (Å²) in [4.78, 5) is 29.7. The Labute approximate surface area is 175 Å². The molecule has 0 bridgehead atoms. The van der Waals surface area contributed by atoms with Crippen LogP contribution >= 0.6 is 0 Å². The van der Waals surface area contributed by atoms with Crippen LogP contribution in [0.15, 0.2) is 54.6 Å². The summed E-state index contributed by atoms with van der Waals surface area (Å²) in [7, 11) is 0. The molecular formula is C22H26N4O4. The van der Waals surface area contributed by atoms with Crippen molar-refractivity contribution in [3.8, 4) is 0 Å². The van der Waals surface area contributed by atoms with Gasteiger partial charge in [0.1, 0.15) is 0 Å². The number of benzene rings is 2. The standard InChI is InChI=1S/C22H26N4O4/c27-22(18-6-8-20(9-7-18)26(28)29)25-14-15-30-21(17-25)16-23-10-12-24(13-11-23)19-4-2-1-3-5-19/h1-9,21H,10-17H2.